The van der Waals surface area contributed by atoms with Crippen LogP contribution in [0.15, 0.2) is 24.3 Å². The summed E-state index contributed by atoms with van der Waals surface area (Å²) in [5.74, 6) is 0.541. The highest BCUT2D eigenvalue weighted by molar-refractivity contribution is 7.63. The van der Waals surface area contributed by atoms with Crippen LogP contribution in [-0.4, -0.2) is 13.3 Å². The quantitative estimate of drug-likeness (QED) is 0.771. The van der Waals surface area contributed by atoms with Crippen LogP contribution in [0.3, 0.4) is 0 Å². The Bertz CT molecular complexity index is 337. The Labute approximate surface area is 86.2 Å². The molecule has 0 saturated carbocycles. The molecule has 0 unspecified atom stereocenters. The maximum Gasteiger partial charge on any atom is 0.164 e. The van der Waals surface area contributed by atoms with E-state index >= 15 is 0 Å². The number of rotatable bonds is 3. The number of hydrogen-bond acceptors (Lipinski definition) is 1. The molecular formula is C11H18NOP. The summed E-state index contributed by atoms with van der Waals surface area (Å²) < 4.78 is 11.5. The van der Waals surface area contributed by atoms with Crippen molar-refractivity contribution in [1.82, 2.24) is 0 Å². The molecule has 0 aliphatic carbocycles. The van der Waals surface area contributed by atoms with Crippen LogP contribution < -0.4 is 5.09 Å². The zero-order valence-corrected chi connectivity index (χ0v) is 10.1. The molecule has 1 rings (SSSR count). The van der Waals surface area contributed by atoms with Crippen molar-refractivity contribution in [2.75, 3.05) is 18.4 Å². The molecule has 0 amide bonds. The summed E-state index contributed by atoms with van der Waals surface area (Å²) in [5, 5.41) is 3.00. The Balaban J connectivity index is 2.79. The van der Waals surface area contributed by atoms with E-state index in [1.807, 2.05) is 12.1 Å². The van der Waals surface area contributed by atoms with Crippen LogP contribution in [0.25, 0.3) is 0 Å². The summed E-state index contributed by atoms with van der Waals surface area (Å²) >= 11 is 0. The van der Waals surface area contributed by atoms with E-state index < -0.39 is 7.29 Å². The molecule has 0 aromatic heterocycles. The maximum absolute atomic E-state index is 11.5. The molecule has 1 aromatic rings. The minimum absolute atomic E-state index is 0.541. The van der Waals surface area contributed by atoms with Crippen LogP contribution in [-0.2, 0) is 4.57 Å². The Morgan fingerprint density at radius 3 is 2.00 bits per heavy atom. The standard InChI is InChI=1S/C11H18NOP/c1-9(2)10-5-7-11(8-6-10)12-14(3,4)13/h5-9H,1-4H3,(H,12,13). The predicted octanol–water partition coefficient (Wildman–Crippen LogP) is 3.76. The van der Waals surface area contributed by atoms with Gasteiger partial charge in [-0.25, -0.2) is 0 Å². The molecule has 0 aliphatic heterocycles. The molecule has 3 heteroatoms. The number of nitrogens with one attached hydrogen (secondary N) is 1. The average Bonchev–Trinajstić information content (AvgIpc) is 2.02. The Morgan fingerprint density at radius 2 is 1.64 bits per heavy atom. The van der Waals surface area contributed by atoms with Crippen LogP contribution in [0.1, 0.15) is 25.3 Å². The van der Waals surface area contributed by atoms with Crippen LogP contribution in [0, 0.1) is 0 Å². The van der Waals surface area contributed by atoms with Crippen molar-refractivity contribution in [1.29, 1.82) is 0 Å². The average molecular weight is 211 g/mol. The van der Waals surface area contributed by atoms with Gasteiger partial charge in [0.1, 0.15) is 0 Å². The fraction of sp³-hybridized carbons (Fsp3) is 0.455. The lowest BCUT2D eigenvalue weighted by Crippen LogP contribution is -1.94. The molecule has 0 spiro atoms. The first-order valence-corrected chi connectivity index (χ1v) is 7.42. The largest absolute Gasteiger partial charge is 0.337 e. The van der Waals surface area contributed by atoms with Gasteiger partial charge in [-0.2, -0.15) is 0 Å². The zero-order chi connectivity index (χ0) is 10.8. The van der Waals surface area contributed by atoms with Crippen molar-refractivity contribution in [2.24, 2.45) is 0 Å². The predicted molar refractivity (Wildman–Crippen MR) is 63.6 cm³/mol. The van der Waals surface area contributed by atoms with Gasteiger partial charge >= 0.3 is 0 Å². The molecule has 0 atom stereocenters. The summed E-state index contributed by atoms with van der Waals surface area (Å²) in [6.07, 6.45) is 0. The molecule has 0 fully saturated rings. The third-order valence-corrected chi connectivity index (χ3v) is 2.77. The molecule has 0 saturated heterocycles. The van der Waals surface area contributed by atoms with Gasteiger partial charge in [0.15, 0.2) is 7.29 Å². The lowest BCUT2D eigenvalue weighted by atomic mass is 10.0. The molecule has 1 aromatic carbocycles. The van der Waals surface area contributed by atoms with E-state index in [2.05, 4.69) is 31.1 Å². The molecule has 0 bridgehead atoms. The van der Waals surface area contributed by atoms with Crippen molar-refractivity contribution in [2.45, 2.75) is 19.8 Å². The van der Waals surface area contributed by atoms with E-state index in [-0.39, 0.29) is 0 Å². The fourth-order valence-electron chi connectivity index (χ4n) is 1.25. The van der Waals surface area contributed by atoms with Crippen LogP contribution in [0.4, 0.5) is 5.69 Å². The Kier molecular flexibility index (Phi) is 3.38. The second kappa shape index (κ2) is 4.18. The molecule has 0 aliphatic rings. The molecule has 0 heterocycles. The van der Waals surface area contributed by atoms with Gasteiger partial charge in [0.2, 0.25) is 0 Å². The third kappa shape index (κ3) is 3.55. The summed E-state index contributed by atoms with van der Waals surface area (Å²) in [4.78, 5) is 0. The van der Waals surface area contributed by atoms with Gasteiger partial charge in [0, 0.05) is 19.0 Å². The number of benzene rings is 1. The monoisotopic (exact) mass is 211 g/mol. The van der Waals surface area contributed by atoms with Crippen LogP contribution in [0.2, 0.25) is 0 Å². The second-order valence-corrected chi connectivity index (χ2v) is 7.16. The normalized spacial score (nSPS) is 11.8. The molecule has 14 heavy (non-hydrogen) atoms. The van der Waals surface area contributed by atoms with Gasteiger partial charge in [-0.15, -0.1) is 0 Å². The highest BCUT2D eigenvalue weighted by atomic mass is 31.2. The van der Waals surface area contributed by atoms with E-state index in [0.717, 1.165) is 5.69 Å². The van der Waals surface area contributed by atoms with Gasteiger partial charge in [-0.05, 0) is 23.6 Å². The fourth-order valence-corrected chi connectivity index (χ4v) is 2.02. The van der Waals surface area contributed by atoms with Crippen molar-refractivity contribution in [3.63, 3.8) is 0 Å². The zero-order valence-electron chi connectivity index (χ0n) is 9.24. The molecule has 1 N–H and O–H groups in total. The van der Waals surface area contributed by atoms with Gasteiger partial charge in [-0.1, -0.05) is 26.0 Å². The van der Waals surface area contributed by atoms with E-state index in [1.54, 1.807) is 13.3 Å². The Morgan fingerprint density at radius 1 is 1.14 bits per heavy atom. The highest BCUT2D eigenvalue weighted by Gasteiger charge is 2.06. The molecule has 2 nitrogen and oxygen atoms in total. The lowest BCUT2D eigenvalue weighted by molar-refractivity contribution is 0.585. The van der Waals surface area contributed by atoms with Crippen molar-refractivity contribution in [3.8, 4) is 0 Å². The van der Waals surface area contributed by atoms with E-state index in [9.17, 15) is 4.57 Å². The van der Waals surface area contributed by atoms with Crippen LogP contribution >= 0.6 is 7.29 Å². The number of anilines is 1. The topological polar surface area (TPSA) is 29.1 Å². The first-order valence-electron chi connectivity index (χ1n) is 4.82. The number of hydrogen-bond donors (Lipinski definition) is 1. The maximum atomic E-state index is 11.5. The van der Waals surface area contributed by atoms with E-state index in [1.165, 1.54) is 5.56 Å². The van der Waals surface area contributed by atoms with E-state index in [4.69, 9.17) is 0 Å². The first kappa shape index (κ1) is 11.3. The van der Waals surface area contributed by atoms with Crippen molar-refractivity contribution in [3.05, 3.63) is 29.8 Å². The smallest absolute Gasteiger partial charge is 0.164 e. The van der Waals surface area contributed by atoms with Gasteiger partial charge < -0.3 is 9.65 Å². The summed E-state index contributed by atoms with van der Waals surface area (Å²) in [5.41, 5.74) is 2.24. The Hall–Kier alpha value is -0.750. The summed E-state index contributed by atoms with van der Waals surface area (Å²) in [6.45, 7) is 7.77. The lowest BCUT2D eigenvalue weighted by Gasteiger charge is -2.12. The SMILES string of the molecule is CC(C)c1ccc(NP(C)(C)=O)cc1. The molecular weight excluding hydrogens is 193 g/mol. The minimum atomic E-state index is -2.18. The van der Waals surface area contributed by atoms with E-state index in [0.29, 0.717) is 5.92 Å². The van der Waals surface area contributed by atoms with Gasteiger partial charge in [-0.3, -0.25) is 0 Å². The van der Waals surface area contributed by atoms with Gasteiger partial charge in [0.05, 0.1) is 0 Å². The molecule has 0 radical (unpaired) electrons. The minimum Gasteiger partial charge on any atom is -0.337 e. The summed E-state index contributed by atoms with van der Waals surface area (Å²) in [6, 6.07) is 8.11. The second-order valence-electron chi connectivity index (χ2n) is 4.24. The van der Waals surface area contributed by atoms with Gasteiger partial charge in [0.25, 0.3) is 0 Å². The van der Waals surface area contributed by atoms with Crippen molar-refractivity contribution < 1.29 is 4.57 Å². The third-order valence-electron chi connectivity index (χ3n) is 1.98. The van der Waals surface area contributed by atoms with Crippen LogP contribution in [0.5, 0.6) is 0 Å². The molecule has 78 valence electrons. The highest BCUT2D eigenvalue weighted by Crippen LogP contribution is 2.36. The first-order chi connectivity index (χ1) is 6.38. The summed E-state index contributed by atoms with van der Waals surface area (Å²) in [7, 11) is -2.18. The van der Waals surface area contributed by atoms with Crippen molar-refractivity contribution >= 4 is 13.0 Å².